The third kappa shape index (κ3) is 5.30. The number of piperazine rings is 1. The van der Waals surface area contributed by atoms with Gasteiger partial charge in [0.05, 0.1) is 15.5 Å². The highest BCUT2D eigenvalue weighted by Gasteiger charge is 2.37. The van der Waals surface area contributed by atoms with E-state index in [9.17, 15) is 23.3 Å². The fraction of sp³-hybridized carbons (Fsp3) is 0.368. The van der Waals surface area contributed by atoms with Crippen LogP contribution in [0.5, 0.6) is 5.75 Å². The van der Waals surface area contributed by atoms with Crippen LogP contribution in [-0.4, -0.2) is 49.2 Å². The Hall–Kier alpha value is -2.52. The first-order valence-electron chi connectivity index (χ1n) is 8.96. The molecule has 0 amide bonds. The number of alkyl halides is 3. The van der Waals surface area contributed by atoms with E-state index in [0.717, 1.165) is 11.8 Å². The highest BCUT2D eigenvalue weighted by Crippen LogP contribution is 2.41. The number of nitro groups is 1. The normalized spacial score (nSPS) is 15.4. The second kappa shape index (κ2) is 8.87. The minimum absolute atomic E-state index is 0.105. The van der Waals surface area contributed by atoms with Crippen molar-refractivity contribution in [2.75, 3.05) is 44.2 Å². The summed E-state index contributed by atoms with van der Waals surface area (Å²) in [4.78, 5) is 14.4. The molecule has 1 saturated heterocycles. The van der Waals surface area contributed by atoms with Gasteiger partial charge in [-0.1, -0.05) is 29.8 Å². The van der Waals surface area contributed by atoms with Crippen LogP contribution >= 0.6 is 11.6 Å². The number of nitrogens with zero attached hydrogens (tertiary/aromatic N) is 3. The summed E-state index contributed by atoms with van der Waals surface area (Å²) in [6, 6.07) is 11.0. The zero-order valence-electron chi connectivity index (χ0n) is 15.4. The first-order chi connectivity index (χ1) is 13.8. The van der Waals surface area contributed by atoms with Gasteiger partial charge in [-0.05, 0) is 18.2 Å². The summed E-state index contributed by atoms with van der Waals surface area (Å²) in [5.74, 6) is 0.779. The van der Waals surface area contributed by atoms with E-state index >= 15 is 0 Å². The Morgan fingerprint density at radius 2 is 1.76 bits per heavy atom. The predicted molar refractivity (Wildman–Crippen MR) is 104 cm³/mol. The number of nitro benzene ring substituents is 1. The van der Waals surface area contributed by atoms with E-state index in [2.05, 4.69) is 4.90 Å². The van der Waals surface area contributed by atoms with Crippen molar-refractivity contribution >= 4 is 23.0 Å². The Bertz CT molecular complexity index is 857. The van der Waals surface area contributed by atoms with Gasteiger partial charge in [-0.15, -0.1) is 0 Å². The molecule has 0 atom stereocenters. The Balaban J connectivity index is 1.63. The molecule has 10 heteroatoms. The van der Waals surface area contributed by atoms with Gasteiger partial charge in [-0.25, -0.2) is 0 Å². The van der Waals surface area contributed by atoms with Gasteiger partial charge in [0.1, 0.15) is 18.0 Å². The second-order valence-electron chi connectivity index (χ2n) is 6.57. The molecule has 0 saturated carbocycles. The van der Waals surface area contributed by atoms with E-state index in [1.54, 1.807) is 4.90 Å². The first kappa shape index (κ1) is 21.2. The molecule has 156 valence electrons. The van der Waals surface area contributed by atoms with Gasteiger partial charge in [0.25, 0.3) is 5.69 Å². The minimum Gasteiger partial charge on any atom is -0.492 e. The summed E-state index contributed by atoms with van der Waals surface area (Å²) in [5.41, 5.74) is -1.69. The highest BCUT2D eigenvalue weighted by atomic mass is 35.5. The van der Waals surface area contributed by atoms with Crippen LogP contribution in [0.25, 0.3) is 0 Å². The molecule has 3 rings (SSSR count). The molecule has 2 aromatic rings. The standard InChI is InChI=1S/C19H19ClF3N3O3/c20-16-13-17(18(26(27)28)12-15(16)19(21,22)23)25-8-6-24(7-9-25)10-11-29-14-4-2-1-3-5-14/h1-5,12-13H,6-11H2. The van der Waals surface area contributed by atoms with Gasteiger partial charge in [-0.3, -0.25) is 15.0 Å². The molecule has 0 aliphatic carbocycles. The number of benzene rings is 2. The van der Waals surface area contributed by atoms with Gasteiger partial charge < -0.3 is 9.64 Å². The number of rotatable bonds is 6. The van der Waals surface area contributed by atoms with Gasteiger partial charge in [0.15, 0.2) is 0 Å². The van der Waals surface area contributed by atoms with Gasteiger partial charge in [0, 0.05) is 38.8 Å². The molecule has 0 unspecified atom stereocenters. The first-order valence-corrected chi connectivity index (χ1v) is 9.34. The lowest BCUT2D eigenvalue weighted by Crippen LogP contribution is -2.47. The lowest BCUT2D eigenvalue weighted by Gasteiger charge is -2.35. The number of hydrogen-bond acceptors (Lipinski definition) is 5. The molecule has 1 aliphatic rings. The zero-order valence-corrected chi connectivity index (χ0v) is 16.1. The third-order valence-electron chi connectivity index (χ3n) is 4.70. The summed E-state index contributed by atoms with van der Waals surface area (Å²) < 4.78 is 44.7. The van der Waals surface area contributed by atoms with Crippen LogP contribution in [0.4, 0.5) is 24.5 Å². The minimum atomic E-state index is -4.75. The molecule has 0 N–H and O–H groups in total. The molecule has 0 bridgehead atoms. The van der Waals surface area contributed by atoms with Crippen molar-refractivity contribution in [1.29, 1.82) is 0 Å². The van der Waals surface area contributed by atoms with Crippen molar-refractivity contribution in [2.45, 2.75) is 6.18 Å². The van der Waals surface area contributed by atoms with Gasteiger partial charge in [-0.2, -0.15) is 13.2 Å². The monoisotopic (exact) mass is 429 g/mol. The number of ether oxygens (including phenoxy) is 1. The van der Waals surface area contributed by atoms with Crippen molar-refractivity contribution in [1.82, 2.24) is 4.90 Å². The molecule has 0 aromatic heterocycles. The Morgan fingerprint density at radius 1 is 1.10 bits per heavy atom. The molecule has 1 heterocycles. The van der Waals surface area contributed by atoms with Crippen LogP contribution < -0.4 is 9.64 Å². The van der Waals surface area contributed by atoms with Crippen LogP contribution in [0.3, 0.4) is 0 Å². The third-order valence-corrected chi connectivity index (χ3v) is 5.01. The molecule has 2 aromatic carbocycles. The van der Waals surface area contributed by atoms with Crippen molar-refractivity contribution < 1.29 is 22.8 Å². The van der Waals surface area contributed by atoms with Crippen LogP contribution in [0.1, 0.15) is 5.56 Å². The quantitative estimate of drug-likeness (QED) is 0.501. The predicted octanol–water partition coefficient (Wildman–Crippen LogP) is 4.47. The lowest BCUT2D eigenvalue weighted by atomic mass is 10.1. The maximum absolute atomic E-state index is 13.0. The van der Waals surface area contributed by atoms with E-state index in [1.807, 2.05) is 30.3 Å². The van der Waals surface area contributed by atoms with Crippen LogP contribution in [-0.2, 0) is 6.18 Å². The van der Waals surface area contributed by atoms with E-state index in [1.165, 1.54) is 0 Å². The van der Waals surface area contributed by atoms with Gasteiger partial charge >= 0.3 is 6.18 Å². The van der Waals surface area contributed by atoms with Gasteiger partial charge in [0.2, 0.25) is 0 Å². The molecule has 1 fully saturated rings. The number of para-hydroxylation sites is 1. The van der Waals surface area contributed by atoms with Crippen molar-refractivity contribution in [3.63, 3.8) is 0 Å². The fourth-order valence-corrected chi connectivity index (χ4v) is 3.45. The van der Waals surface area contributed by atoms with E-state index in [-0.39, 0.29) is 5.69 Å². The van der Waals surface area contributed by atoms with Crippen LogP contribution in [0.15, 0.2) is 42.5 Å². The molecule has 29 heavy (non-hydrogen) atoms. The lowest BCUT2D eigenvalue weighted by molar-refractivity contribution is -0.384. The largest absolute Gasteiger partial charge is 0.492 e. The van der Waals surface area contributed by atoms with Crippen molar-refractivity contribution in [3.05, 3.63) is 63.2 Å². The second-order valence-corrected chi connectivity index (χ2v) is 6.97. The fourth-order valence-electron chi connectivity index (χ4n) is 3.19. The zero-order chi connectivity index (χ0) is 21.0. The number of halogens is 4. The smallest absolute Gasteiger partial charge is 0.418 e. The highest BCUT2D eigenvalue weighted by molar-refractivity contribution is 6.31. The summed E-state index contributed by atoms with van der Waals surface area (Å²) in [6.07, 6.45) is -4.75. The van der Waals surface area contributed by atoms with Crippen molar-refractivity contribution in [3.8, 4) is 5.75 Å². The molecule has 0 spiro atoms. The number of hydrogen-bond donors (Lipinski definition) is 0. The topological polar surface area (TPSA) is 58.9 Å². The van der Waals surface area contributed by atoms with E-state index in [4.69, 9.17) is 16.3 Å². The Kier molecular flexibility index (Phi) is 6.49. The molecule has 0 radical (unpaired) electrons. The maximum Gasteiger partial charge on any atom is 0.418 e. The molecular formula is C19H19ClF3N3O3. The Labute approximate surface area is 170 Å². The summed E-state index contributed by atoms with van der Waals surface area (Å²) >= 11 is 5.77. The van der Waals surface area contributed by atoms with Crippen LogP contribution in [0.2, 0.25) is 5.02 Å². The molecule has 6 nitrogen and oxygen atoms in total. The maximum atomic E-state index is 13.0. The summed E-state index contributed by atoms with van der Waals surface area (Å²) in [5, 5.41) is 10.8. The summed E-state index contributed by atoms with van der Waals surface area (Å²) in [6.45, 7) is 3.26. The summed E-state index contributed by atoms with van der Waals surface area (Å²) in [7, 11) is 0. The van der Waals surface area contributed by atoms with Crippen molar-refractivity contribution in [2.24, 2.45) is 0 Å². The van der Waals surface area contributed by atoms with E-state index in [0.29, 0.717) is 45.4 Å². The Morgan fingerprint density at radius 3 is 2.34 bits per heavy atom. The molecular weight excluding hydrogens is 411 g/mol. The van der Waals surface area contributed by atoms with Crippen LogP contribution in [0, 0.1) is 10.1 Å². The molecule has 1 aliphatic heterocycles. The average molecular weight is 430 g/mol. The van der Waals surface area contributed by atoms with E-state index < -0.39 is 27.4 Å². The SMILES string of the molecule is O=[N+]([O-])c1cc(C(F)(F)F)c(Cl)cc1N1CCN(CCOc2ccccc2)CC1. The number of anilines is 1. The average Bonchev–Trinajstić information content (AvgIpc) is 2.68.